The maximum absolute atomic E-state index is 9.55. The first-order valence-electron chi connectivity index (χ1n) is 16.2. The first kappa shape index (κ1) is 38.0. The predicted octanol–water partition coefficient (Wildman–Crippen LogP) is 4.73. The Morgan fingerprint density at radius 2 is 1.06 bits per heavy atom. The minimum absolute atomic E-state index is 0. The number of nitrogens with zero attached hydrogens (tertiary/aromatic N) is 4. The van der Waals surface area contributed by atoms with Crippen molar-refractivity contribution in [2.24, 2.45) is 0 Å². The molecular formula is C37H45ClN6O6. The summed E-state index contributed by atoms with van der Waals surface area (Å²) < 4.78 is 20.3. The van der Waals surface area contributed by atoms with Crippen molar-refractivity contribution in [2.75, 3.05) is 59.7 Å². The van der Waals surface area contributed by atoms with E-state index in [9.17, 15) is 5.11 Å². The number of aliphatic hydroxyl groups excluding tert-OH is 2. The number of aryl methyl sites for hydroxylation is 2. The number of halogens is 1. The van der Waals surface area contributed by atoms with Crippen molar-refractivity contribution in [3.05, 3.63) is 96.3 Å². The number of hydrogen-bond acceptors (Lipinski definition) is 10. The molecule has 0 atom stereocenters. The molecule has 13 heteroatoms. The first-order chi connectivity index (χ1) is 23.9. The normalized spacial score (nSPS) is 10.8. The lowest BCUT2D eigenvalue weighted by atomic mass is 10.1. The van der Waals surface area contributed by atoms with Crippen molar-refractivity contribution in [2.45, 2.75) is 13.8 Å². The SMILES string of the molecule is COc1ccc2cc(-n3nc(OCCNCCO)cc3C)ccc2c1.Cc1cc(OCCNCCO)nn1-c1ccc2cc(O)ccc2c1.Cl. The Balaban J connectivity index is 0.000000220. The van der Waals surface area contributed by atoms with Gasteiger partial charge in [-0.15, -0.1) is 22.6 Å². The van der Waals surface area contributed by atoms with E-state index in [0.717, 1.165) is 50.1 Å². The molecule has 0 radical (unpaired) electrons. The predicted molar refractivity (Wildman–Crippen MR) is 198 cm³/mol. The summed E-state index contributed by atoms with van der Waals surface area (Å²) >= 11 is 0. The van der Waals surface area contributed by atoms with Crippen LogP contribution < -0.4 is 24.8 Å². The molecule has 0 bridgehead atoms. The standard InChI is InChI=1S/C19H23N3O3.C18H21N3O3.ClH/c1-14-11-19(25-10-8-20-7-9-23)21-22(14)17-5-3-16-13-18(24-2)6-4-15(16)12-17;1-13-10-18(24-9-7-19-6-8-22)20-21(13)16-4-2-15-12-17(23)5-3-14(15)11-16;/h3-6,11-13,20,23H,7-10H2,1-2H3;2-5,10-12,19,22-23H,6-9H2,1H3;1H. The minimum Gasteiger partial charge on any atom is -0.508 e. The van der Waals surface area contributed by atoms with Gasteiger partial charge >= 0.3 is 0 Å². The maximum Gasteiger partial charge on any atom is 0.233 e. The fourth-order valence-electron chi connectivity index (χ4n) is 5.24. The van der Waals surface area contributed by atoms with E-state index in [1.165, 1.54) is 0 Å². The third-order valence-electron chi connectivity index (χ3n) is 7.69. The number of nitrogens with one attached hydrogen (secondary N) is 2. The van der Waals surface area contributed by atoms with Crippen LogP contribution in [0.1, 0.15) is 11.4 Å². The molecule has 0 amide bonds. The van der Waals surface area contributed by atoms with Gasteiger partial charge in [-0.25, -0.2) is 9.36 Å². The highest BCUT2D eigenvalue weighted by Crippen LogP contribution is 2.26. The molecule has 266 valence electrons. The molecule has 0 aliphatic rings. The lowest BCUT2D eigenvalue weighted by Gasteiger charge is -2.07. The van der Waals surface area contributed by atoms with E-state index in [1.807, 2.05) is 83.9 Å². The Bertz CT molecular complexity index is 1960. The zero-order valence-corrected chi connectivity index (χ0v) is 29.3. The van der Waals surface area contributed by atoms with Crippen LogP contribution in [0.25, 0.3) is 32.9 Å². The highest BCUT2D eigenvalue weighted by atomic mass is 35.5. The molecule has 12 nitrogen and oxygen atoms in total. The lowest BCUT2D eigenvalue weighted by Crippen LogP contribution is -2.24. The van der Waals surface area contributed by atoms with Crippen molar-refractivity contribution in [1.29, 1.82) is 0 Å². The number of rotatable bonds is 15. The molecule has 6 rings (SSSR count). The monoisotopic (exact) mass is 704 g/mol. The smallest absolute Gasteiger partial charge is 0.233 e. The summed E-state index contributed by atoms with van der Waals surface area (Å²) in [4.78, 5) is 0. The van der Waals surface area contributed by atoms with Crippen molar-refractivity contribution in [1.82, 2.24) is 30.2 Å². The molecule has 6 aromatic rings. The second-order valence-electron chi connectivity index (χ2n) is 11.3. The Kier molecular flexibility index (Phi) is 14.3. The van der Waals surface area contributed by atoms with Crippen molar-refractivity contribution in [3.63, 3.8) is 0 Å². The molecule has 5 N–H and O–H groups in total. The lowest BCUT2D eigenvalue weighted by molar-refractivity contribution is 0.271. The van der Waals surface area contributed by atoms with Gasteiger partial charge in [0.1, 0.15) is 24.7 Å². The summed E-state index contributed by atoms with van der Waals surface area (Å²) in [7, 11) is 1.67. The van der Waals surface area contributed by atoms with Crippen LogP contribution in [0.15, 0.2) is 84.9 Å². The van der Waals surface area contributed by atoms with Crippen LogP contribution in [0.4, 0.5) is 0 Å². The van der Waals surface area contributed by atoms with E-state index >= 15 is 0 Å². The van der Waals surface area contributed by atoms with E-state index in [4.69, 9.17) is 24.4 Å². The van der Waals surface area contributed by atoms with Crippen LogP contribution in [-0.4, -0.2) is 94.6 Å². The van der Waals surface area contributed by atoms with E-state index in [2.05, 4.69) is 33.0 Å². The summed E-state index contributed by atoms with van der Waals surface area (Å²) in [6, 6.07) is 27.3. The zero-order chi connectivity index (χ0) is 34.6. The summed E-state index contributed by atoms with van der Waals surface area (Å²) in [6.45, 7) is 7.68. The molecule has 0 aliphatic heterocycles. The Morgan fingerprint density at radius 3 is 1.56 bits per heavy atom. The Hall–Kier alpha value is -4.85. The van der Waals surface area contributed by atoms with E-state index < -0.39 is 0 Å². The molecule has 0 spiro atoms. The quantitative estimate of drug-likeness (QED) is 0.0951. The van der Waals surface area contributed by atoms with Gasteiger partial charge in [0, 0.05) is 49.7 Å². The van der Waals surface area contributed by atoms with Crippen LogP contribution in [0.3, 0.4) is 0 Å². The van der Waals surface area contributed by atoms with Gasteiger partial charge in [0.05, 0.1) is 31.7 Å². The van der Waals surface area contributed by atoms with Gasteiger partial charge in [-0.2, -0.15) is 0 Å². The number of ether oxygens (including phenoxy) is 3. The first-order valence-corrected chi connectivity index (χ1v) is 16.2. The number of benzene rings is 4. The zero-order valence-electron chi connectivity index (χ0n) is 28.5. The van der Waals surface area contributed by atoms with Crippen LogP contribution >= 0.6 is 12.4 Å². The van der Waals surface area contributed by atoms with Crippen molar-refractivity contribution in [3.8, 4) is 34.6 Å². The third-order valence-corrected chi connectivity index (χ3v) is 7.69. The van der Waals surface area contributed by atoms with Crippen LogP contribution in [0.2, 0.25) is 0 Å². The number of methoxy groups -OCH3 is 1. The average Bonchev–Trinajstić information content (AvgIpc) is 3.68. The maximum atomic E-state index is 9.55. The topological polar surface area (TPSA) is 148 Å². The second kappa shape index (κ2) is 18.8. The molecule has 0 saturated heterocycles. The van der Waals surface area contributed by atoms with Gasteiger partial charge in [0.25, 0.3) is 0 Å². The van der Waals surface area contributed by atoms with Gasteiger partial charge < -0.3 is 40.2 Å². The number of aromatic nitrogens is 4. The third kappa shape index (κ3) is 10.1. The fourth-order valence-corrected chi connectivity index (χ4v) is 5.24. The average molecular weight is 705 g/mol. The number of aromatic hydroxyl groups is 1. The van der Waals surface area contributed by atoms with Gasteiger partial charge in [-0.3, -0.25) is 0 Å². The molecule has 50 heavy (non-hydrogen) atoms. The van der Waals surface area contributed by atoms with Gasteiger partial charge in [0.15, 0.2) is 0 Å². The highest BCUT2D eigenvalue weighted by Gasteiger charge is 2.10. The molecule has 2 heterocycles. The van der Waals surface area contributed by atoms with Crippen LogP contribution in [0.5, 0.6) is 23.3 Å². The number of phenols is 1. The summed E-state index contributed by atoms with van der Waals surface area (Å²) in [5, 5.41) is 46.4. The van der Waals surface area contributed by atoms with E-state index in [-0.39, 0.29) is 31.4 Å². The van der Waals surface area contributed by atoms with Crippen molar-refractivity contribution >= 4 is 34.0 Å². The largest absolute Gasteiger partial charge is 0.508 e. The summed E-state index contributed by atoms with van der Waals surface area (Å²) in [5.74, 6) is 2.28. The number of aliphatic hydroxyl groups is 2. The van der Waals surface area contributed by atoms with E-state index in [0.29, 0.717) is 51.2 Å². The van der Waals surface area contributed by atoms with Gasteiger partial charge in [-0.05, 0) is 83.9 Å². The molecule has 0 unspecified atom stereocenters. The Labute approximate surface area is 297 Å². The van der Waals surface area contributed by atoms with E-state index in [1.54, 1.807) is 19.2 Å². The Morgan fingerprint density at radius 1 is 0.600 bits per heavy atom. The second-order valence-corrected chi connectivity index (χ2v) is 11.3. The minimum atomic E-state index is 0. The van der Waals surface area contributed by atoms with Gasteiger partial charge in [0.2, 0.25) is 11.8 Å². The molecule has 0 aliphatic carbocycles. The molecule has 2 aromatic heterocycles. The number of phenolic OH excluding ortho intramolecular Hbond substituents is 1. The number of fused-ring (bicyclic) bond motifs is 2. The summed E-state index contributed by atoms with van der Waals surface area (Å²) in [5.41, 5.74) is 3.92. The molecule has 0 fully saturated rings. The summed E-state index contributed by atoms with van der Waals surface area (Å²) in [6.07, 6.45) is 0. The van der Waals surface area contributed by atoms with Crippen LogP contribution in [-0.2, 0) is 0 Å². The molecule has 0 saturated carbocycles. The highest BCUT2D eigenvalue weighted by molar-refractivity contribution is 5.86. The molecular weight excluding hydrogens is 660 g/mol. The molecule has 4 aromatic carbocycles. The van der Waals surface area contributed by atoms with Gasteiger partial charge in [-0.1, -0.05) is 24.3 Å². The fraction of sp³-hybridized carbons (Fsp3) is 0.297. The van der Waals surface area contributed by atoms with Crippen LogP contribution in [0, 0.1) is 13.8 Å². The number of hydrogen-bond donors (Lipinski definition) is 5. The van der Waals surface area contributed by atoms with Crippen molar-refractivity contribution < 1.29 is 29.5 Å².